The lowest BCUT2D eigenvalue weighted by molar-refractivity contribution is 1.26. The van der Waals surface area contributed by atoms with Crippen LogP contribution in [0.4, 0.5) is 0 Å². The summed E-state index contributed by atoms with van der Waals surface area (Å²) in [5.41, 5.74) is 3.11. The molecule has 4 heteroatoms. The molecule has 2 aromatic heterocycles. The van der Waals surface area contributed by atoms with E-state index in [9.17, 15) is 0 Å². The van der Waals surface area contributed by atoms with E-state index < -0.39 is 0 Å². The van der Waals surface area contributed by atoms with Crippen molar-refractivity contribution in [3.8, 4) is 0 Å². The molecule has 0 unspecified atom stereocenters. The SMILES string of the molecule is Cc1cccc(Sc2ccnc3cc(Br)cnc23)c1. The number of pyridine rings is 2. The van der Waals surface area contributed by atoms with E-state index in [1.165, 1.54) is 10.5 Å². The van der Waals surface area contributed by atoms with Crippen LogP contribution < -0.4 is 0 Å². The molecule has 0 amide bonds. The van der Waals surface area contributed by atoms with Crippen LogP contribution in [-0.4, -0.2) is 9.97 Å². The Morgan fingerprint density at radius 2 is 2.00 bits per heavy atom. The number of fused-ring (bicyclic) bond motifs is 1. The second-order valence-electron chi connectivity index (χ2n) is 4.25. The summed E-state index contributed by atoms with van der Waals surface area (Å²) in [5.74, 6) is 0. The predicted octanol–water partition coefficient (Wildman–Crippen LogP) is 4.85. The average Bonchev–Trinajstić information content (AvgIpc) is 2.38. The molecule has 3 rings (SSSR count). The van der Waals surface area contributed by atoms with Crippen LogP contribution in [0.2, 0.25) is 0 Å². The van der Waals surface area contributed by atoms with Crippen LogP contribution in [0, 0.1) is 6.92 Å². The minimum Gasteiger partial charge on any atom is -0.254 e. The monoisotopic (exact) mass is 330 g/mol. The van der Waals surface area contributed by atoms with Crippen molar-refractivity contribution in [1.82, 2.24) is 9.97 Å². The van der Waals surface area contributed by atoms with Gasteiger partial charge in [-0.3, -0.25) is 9.97 Å². The predicted molar refractivity (Wildman–Crippen MR) is 82.5 cm³/mol. The molecule has 0 fully saturated rings. The smallest absolute Gasteiger partial charge is 0.103 e. The van der Waals surface area contributed by atoms with Gasteiger partial charge in [0.1, 0.15) is 5.52 Å². The van der Waals surface area contributed by atoms with Crippen molar-refractivity contribution in [3.05, 3.63) is 58.8 Å². The van der Waals surface area contributed by atoms with Crippen molar-refractivity contribution in [3.63, 3.8) is 0 Å². The van der Waals surface area contributed by atoms with E-state index in [-0.39, 0.29) is 0 Å². The summed E-state index contributed by atoms with van der Waals surface area (Å²) in [6.45, 7) is 2.10. The molecule has 0 saturated heterocycles. The van der Waals surface area contributed by atoms with Crippen LogP contribution in [0.15, 0.2) is 63.1 Å². The largest absolute Gasteiger partial charge is 0.254 e. The van der Waals surface area contributed by atoms with E-state index in [4.69, 9.17) is 0 Å². The van der Waals surface area contributed by atoms with Crippen molar-refractivity contribution in [2.45, 2.75) is 16.7 Å². The second-order valence-corrected chi connectivity index (χ2v) is 6.28. The summed E-state index contributed by atoms with van der Waals surface area (Å²) < 4.78 is 0.949. The van der Waals surface area contributed by atoms with Gasteiger partial charge >= 0.3 is 0 Å². The van der Waals surface area contributed by atoms with Gasteiger partial charge in [-0.1, -0.05) is 29.5 Å². The normalized spacial score (nSPS) is 10.8. The van der Waals surface area contributed by atoms with Crippen molar-refractivity contribution in [2.75, 3.05) is 0 Å². The van der Waals surface area contributed by atoms with Gasteiger partial charge in [-0.15, -0.1) is 0 Å². The first kappa shape index (κ1) is 12.6. The zero-order valence-corrected chi connectivity index (χ0v) is 12.7. The summed E-state index contributed by atoms with van der Waals surface area (Å²) in [5, 5.41) is 0. The molecular formula is C15H11BrN2S. The maximum Gasteiger partial charge on any atom is 0.103 e. The van der Waals surface area contributed by atoms with Crippen molar-refractivity contribution >= 4 is 38.7 Å². The number of nitrogens with zero attached hydrogens (tertiary/aromatic N) is 2. The van der Waals surface area contributed by atoms with E-state index in [0.717, 1.165) is 20.4 Å². The Bertz CT molecular complexity index is 743. The molecule has 0 N–H and O–H groups in total. The summed E-state index contributed by atoms with van der Waals surface area (Å²) >= 11 is 5.14. The molecule has 0 aliphatic rings. The molecule has 0 bridgehead atoms. The fourth-order valence-electron chi connectivity index (χ4n) is 1.87. The number of hydrogen-bond donors (Lipinski definition) is 0. The number of rotatable bonds is 2. The van der Waals surface area contributed by atoms with Gasteiger partial charge in [0, 0.05) is 26.7 Å². The molecule has 1 aromatic carbocycles. The third-order valence-electron chi connectivity index (χ3n) is 2.72. The van der Waals surface area contributed by atoms with Crippen LogP contribution in [0.3, 0.4) is 0 Å². The van der Waals surface area contributed by atoms with E-state index in [1.54, 1.807) is 11.8 Å². The van der Waals surface area contributed by atoms with Crippen LogP contribution >= 0.6 is 27.7 Å². The second kappa shape index (κ2) is 5.31. The molecule has 3 aromatic rings. The average molecular weight is 331 g/mol. The lowest BCUT2D eigenvalue weighted by Gasteiger charge is -2.06. The molecular weight excluding hydrogens is 320 g/mol. The van der Waals surface area contributed by atoms with Crippen LogP contribution in [0.5, 0.6) is 0 Å². The summed E-state index contributed by atoms with van der Waals surface area (Å²) in [7, 11) is 0. The first-order valence-corrected chi connectivity index (χ1v) is 7.48. The molecule has 0 aliphatic heterocycles. The molecule has 94 valence electrons. The topological polar surface area (TPSA) is 25.8 Å². The van der Waals surface area contributed by atoms with Crippen molar-refractivity contribution < 1.29 is 0 Å². The van der Waals surface area contributed by atoms with Crippen molar-refractivity contribution in [1.29, 1.82) is 0 Å². The molecule has 0 aliphatic carbocycles. The Morgan fingerprint density at radius 1 is 1.11 bits per heavy atom. The zero-order valence-electron chi connectivity index (χ0n) is 10.3. The molecule has 0 spiro atoms. The highest BCUT2D eigenvalue weighted by Gasteiger charge is 2.06. The maximum absolute atomic E-state index is 4.47. The summed E-state index contributed by atoms with van der Waals surface area (Å²) in [6.07, 6.45) is 3.64. The minimum atomic E-state index is 0.909. The van der Waals surface area contributed by atoms with Crippen LogP contribution in [-0.2, 0) is 0 Å². The quantitative estimate of drug-likeness (QED) is 0.671. The van der Waals surface area contributed by atoms with Crippen LogP contribution in [0.1, 0.15) is 5.56 Å². The highest BCUT2D eigenvalue weighted by Crippen LogP contribution is 2.32. The van der Waals surface area contributed by atoms with E-state index >= 15 is 0 Å². The summed E-state index contributed by atoms with van der Waals surface area (Å²) in [6, 6.07) is 12.5. The Morgan fingerprint density at radius 3 is 2.84 bits per heavy atom. The van der Waals surface area contributed by atoms with Gasteiger partial charge < -0.3 is 0 Å². The maximum atomic E-state index is 4.47. The lowest BCUT2D eigenvalue weighted by Crippen LogP contribution is -1.86. The van der Waals surface area contributed by atoms with E-state index in [2.05, 4.69) is 57.1 Å². The third kappa shape index (κ3) is 2.80. The Kier molecular flexibility index (Phi) is 3.53. The molecule has 19 heavy (non-hydrogen) atoms. The van der Waals surface area contributed by atoms with Gasteiger partial charge in [-0.25, -0.2) is 0 Å². The van der Waals surface area contributed by atoms with Gasteiger partial charge in [-0.05, 0) is 47.1 Å². The van der Waals surface area contributed by atoms with E-state index in [0.29, 0.717) is 0 Å². The molecule has 0 saturated carbocycles. The highest BCUT2D eigenvalue weighted by molar-refractivity contribution is 9.10. The number of halogens is 1. The van der Waals surface area contributed by atoms with Gasteiger partial charge in [0.05, 0.1) is 5.52 Å². The van der Waals surface area contributed by atoms with Crippen LogP contribution in [0.25, 0.3) is 11.0 Å². The Balaban J connectivity index is 2.06. The minimum absolute atomic E-state index is 0.909. The third-order valence-corrected chi connectivity index (χ3v) is 4.20. The van der Waals surface area contributed by atoms with Gasteiger partial charge in [-0.2, -0.15) is 0 Å². The van der Waals surface area contributed by atoms with E-state index in [1.807, 2.05) is 24.5 Å². The first-order valence-electron chi connectivity index (χ1n) is 5.87. The molecule has 2 nitrogen and oxygen atoms in total. The molecule has 0 radical (unpaired) electrons. The number of aryl methyl sites for hydroxylation is 1. The van der Waals surface area contributed by atoms with Gasteiger partial charge in [0.2, 0.25) is 0 Å². The number of benzene rings is 1. The fourth-order valence-corrected chi connectivity index (χ4v) is 3.22. The number of aromatic nitrogens is 2. The zero-order chi connectivity index (χ0) is 13.2. The van der Waals surface area contributed by atoms with Crippen molar-refractivity contribution in [2.24, 2.45) is 0 Å². The standard InChI is InChI=1S/C15H11BrN2S/c1-10-3-2-4-12(7-10)19-14-5-6-17-13-8-11(16)9-18-15(13)14/h2-9H,1H3. The highest BCUT2D eigenvalue weighted by atomic mass is 79.9. The first-order chi connectivity index (χ1) is 9.22. The van der Waals surface area contributed by atoms with Gasteiger partial charge in [0.25, 0.3) is 0 Å². The summed E-state index contributed by atoms with van der Waals surface area (Å²) in [4.78, 5) is 11.2. The lowest BCUT2D eigenvalue weighted by atomic mass is 10.2. The van der Waals surface area contributed by atoms with Gasteiger partial charge in [0.15, 0.2) is 0 Å². The molecule has 2 heterocycles. The number of hydrogen-bond acceptors (Lipinski definition) is 3. The Hall–Kier alpha value is -1.39. The Labute approximate surface area is 124 Å². The molecule has 0 atom stereocenters. The fraction of sp³-hybridized carbons (Fsp3) is 0.0667.